The number of aliphatic hydroxyl groups excluding tert-OH is 1. The Morgan fingerprint density at radius 2 is 1.54 bits per heavy atom. The SMILES string of the molecule is Nc1ccccc1NC(=O)CCCCCC(=O)NCc1cccc(-c2ccc([C@H]3O[C@@H](CSc4nc5ccccc5s4)C[C@@H](c4ccc(CO)cc4)O3)cc2)c1. The number of amides is 2. The van der Waals surface area contributed by atoms with Crippen molar-refractivity contribution in [3.63, 3.8) is 0 Å². The van der Waals surface area contributed by atoms with E-state index in [0.29, 0.717) is 50.0 Å². The Morgan fingerprint density at radius 3 is 2.32 bits per heavy atom. The van der Waals surface area contributed by atoms with E-state index < -0.39 is 6.29 Å². The summed E-state index contributed by atoms with van der Waals surface area (Å²) in [7, 11) is 0. The largest absolute Gasteiger partial charge is 0.397 e. The van der Waals surface area contributed by atoms with E-state index in [4.69, 9.17) is 20.2 Å². The molecule has 0 bridgehead atoms. The molecule has 0 spiro atoms. The van der Waals surface area contributed by atoms with Gasteiger partial charge in [0.1, 0.15) is 0 Å². The van der Waals surface area contributed by atoms with Gasteiger partial charge in [-0.2, -0.15) is 0 Å². The van der Waals surface area contributed by atoms with Crippen molar-refractivity contribution in [1.29, 1.82) is 0 Å². The summed E-state index contributed by atoms with van der Waals surface area (Å²) in [5.41, 5.74) is 14.1. The molecule has 1 aliphatic rings. The Balaban J connectivity index is 0.916. The number of hydrogen-bond donors (Lipinski definition) is 4. The Hall–Kier alpha value is -5.04. The number of benzene rings is 5. The van der Waals surface area contributed by atoms with Crippen molar-refractivity contribution < 1.29 is 24.2 Å². The maximum absolute atomic E-state index is 12.6. The Morgan fingerprint density at radius 1 is 0.786 bits per heavy atom. The molecule has 6 aromatic rings. The second-order valence-corrected chi connectivity index (χ2v) is 16.2. The van der Waals surface area contributed by atoms with Crippen LogP contribution in [0.15, 0.2) is 126 Å². The van der Waals surface area contributed by atoms with E-state index in [1.807, 2.05) is 66.7 Å². The van der Waals surface area contributed by atoms with E-state index in [9.17, 15) is 14.7 Å². The van der Waals surface area contributed by atoms with Gasteiger partial charge in [-0.3, -0.25) is 9.59 Å². The lowest BCUT2D eigenvalue weighted by Crippen LogP contribution is -2.31. The van der Waals surface area contributed by atoms with Crippen molar-refractivity contribution in [2.45, 2.75) is 74.5 Å². The number of unbranched alkanes of at least 4 members (excludes halogenated alkanes) is 2. The van der Waals surface area contributed by atoms with Crippen LogP contribution in [-0.4, -0.2) is 33.8 Å². The molecule has 2 amide bonds. The summed E-state index contributed by atoms with van der Waals surface area (Å²) < 4.78 is 15.4. The molecule has 3 atom stereocenters. The molecular weight excluding hydrogens is 741 g/mol. The van der Waals surface area contributed by atoms with Crippen LogP contribution in [-0.2, 0) is 32.2 Å². The number of nitrogen functional groups attached to an aromatic ring is 1. The number of thioether (sulfide) groups is 1. The third-order valence-electron chi connectivity index (χ3n) is 9.76. The quantitative estimate of drug-likeness (QED) is 0.0433. The lowest BCUT2D eigenvalue weighted by atomic mass is 9.99. The molecule has 9 nitrogen and oxygen atoms in total. The molecule has 1 aliphatic heterocycles. The number of nitrogens with two attached hydrogens (primary N) is 1. The second kappa shape index (κ2) is 19.2. The summed E-state index contributed by atoms with van der Waals surface area (Å²) in [6, 6.07) is 39.8. The number of nitrogens with zero attached hydrogens (tertiary/aromatic N) is 1. The first-order valence-corrected chi connectivity index (χ1v) is 20.8. The van der Waals surface area contributed by atoms with Crippen molar-refractivity contribution in [3.8, 4) is 11.1 Å². The van der Waals surface area contributed by atoms with Gasteiger partial charge < -0.3 is 30.9 Å². The predicted molar refractivity (Wildman–Crippen MR) is 225 cm³/mol. The second-order valence-electron chi connectivity index (χ2n) is 13.9. The summed E-state index contributed by atoms with van der Waals surface area (Å²) in [6.45, 7) is 0.437. The highest BCUT2D eigenvalue weighted by atomic mass is 32.2. The van der Waals surface area contributed by atoms with Crippen LogP contribution in [0.3, 0.4) is 0 Å². The number of fused-ring (bicyclic) bond motifs is 1. The van der Waals surface area contributed by atoms with Crippen molar-refractivity contribution in [2.24, 2.45) is 0 Å². The molecule has 11 heteroatoms. The average Bonchev–Trinajstić information content (AvgIpc) is 3.66. The third-order valence-corrected chi connectivity index (χ3v) is 12.1. The molecule has 1 saturated heterocycles. The predicted octanol–water partition coefficient (Wildman–Crippen LogP) is 9.58. The fraction of sp³-hybridized carbons (Fsp3) is 0.267. The number of carbonyl (C=O) groups excluding carboxylic acids is 2. The van der Waals surface area contributed by atoms with Gasteiger partial charge in [-0.1, -0.05) is 109 Å². The van der Waals surface area contributed by atoms with E-state index in [0.717, 1.165) is 55.4 Å². The summed E-state index contributed by atoms with van der Waals surface area (Å²) >= 11 is 3.42. The number of nitrogens with one attached hydrogen (secondary N) is 2. The molecule has 1 fully saturated rings. The Labute approximate surface area is 335 Å². The van der Waals surface area contributed by atoms with Crippen LogP contribution in [0.25, 0.3) is 21.3 Å². The molecule has 0 saturated carbocycles. The topological polar surface area (TPSA) is 136 Å². The lowest BCUT2D eigenvalue weighted by molar-refractivity contribution is -0.245. The molecule has 5 N–H and O–H groups in total. The third kappa shape index (κ3) is 10.6. The highest BCUT2D eigenvalue weighted by molar-refractivity contribution is 8.01. The first kappa shape index (κ1) is 39.2. The van der Waals surface area contributed by atoms with E-state index in [-0.39, 0.29) is 30.6 Å². The molecule has 0 radical (unpaired) electrons. The smallest absolute Gasteiger partial charge is 0.224 e. The van der Waals surface area contributed by atoms with Crippen LogP contribution in [0.4, 0.5) is 11.4 Å². The number of aromatic nitrogens is 1. The average molecular weight is 787 g/mol. The van der Waals surface area contributed by atoms with Crippen molar-refractivity contribution >= 4 is 56.5 Å². The normalized spacial score (nSPS) is 16.8. The fourth-order valence-electron chi connectivity index (χ4n) is 6.65. The highest BCUT2D eigenvalue weighted by Gasteiger charge is 2.32. The first-order chi connectivity index (χ1) is 27.4. The van der Waals surface area contributed by atoms with Crippen LogP contribution >= 0.6 is 23.1 Å². The van der Waals surface area contributed by atoms with Gasteiger partial charge in [0.25, 0.3) is 0 Å². The number of carbonyl (C=O) groups is 2. The van der Waals surface area contributed by atoms with Crippen LogP contribution < -0.4 is 16.4 Å². The Bertz CT molecular complexity index is 2190. The van der Waals surface area contributed by atoms with E-state index in [1.54, 1.807) is 35.2 Å². The van der Waals surface area contributed by atoms with Crippen molar-refractivity contribution in [1.82, 2.24) is 10.3 Å². The standard InChI is InChI=1S/C45H46N4O5S2/c46-37-11-4-5-12-38(37)48-43(52)16-3-1-2-15-42(51)47-27-31-9-8-10-35(25-31)32-21-23-34(24-22-32)44-53-36(26-40(54-44)33-19-17-30(28-50)18-20-33)29-55-45-49-39-13-6-7-14-41(39)56-45/h4-14,17-25,36,40,44,50H,1-3,15-16,26-29,46H2,(H,47,51)(H,48,52)/t36-,40+,44+/m1/s1. The molecule has 0 unspecified atom stereocenters. The summed E-state index contributed by atoms with van der Waals surface area (Å²) in [5.74, 6) is 0.664. The van der Waals surface area contributed by atoms with E-state index >= 15 is 0 Å². The monoisotopic (exact) mass is 786 g/mol. The number of thiazole rings is 1. The number of rotatable bonds is 16. The minimum Gasteiger partial charge on any atom is -0.397 e. The minimum absolute atomic E-state index is 0.000178. The summed E-state index contributed by atoms with van der Waals surface area (Å²) in [4.78, 5) is 29.7. The van der Waals surface area contributed by atoms with Gasteiger partial charge in [0.15, 0.2) is 10.6 Å². The summed E-state index contributed by atoms with van der Waals surface area (Å²) in [6.07, 6.45) is 2.94. The first-order valence-electron chi connectivity index (χ1n) is 19.0. The molecule has 5 aromatic carbocycles. The number of aliphatic hydroxyl groups is 1. The zero-order valence-corrected chi connectivity index (χ0v) is 32.7. The number of hydrogen-bond acceptors (Lipinski definition) is 9. The van der Waals surface area contributed by atoms with Gasteiger partial charge in [-0.15, -0.1) is 11.3 Å². The zero-order valence-electron chi connectivity index (χ0n) is 31.1. The zero-order chi connectivity index (χ0) is 38.7. The van der Waals surface area contributed by atoms with Crippen molar-refractivity contribution in [3.05, 3.63) is 144 Å². The molecule has 7 rings (SSSR count). The molecule has 1 aromatic heterocycles. The molecule has 0 aliphatic carbocycles. The van der Waals surface area contributed by atoms with Gasteiger partial charge in [0.05, 0.1) is 40.4 Å². The highest BCUT2D eigenvalue weighted by Crippen LogP contribution is 2.40. The molecule has 56 heavy (non-hydrogen) atoms. The Kier molecular flexibility index (Phi) is 13.4. The van der Waals surface area contributed by atoms with E-state index in [1.165, 1.54) is 4.70 Å². The lowest BCUT2D eigenvalue weighted by Gasteiger charge is -2.36. The number of para-hydroxylation sites is 3. The molecular formula is C45H46N4O5S2. The van der Waals surface area contributed by atoms with Crippen LogP contribution in [0.5, 0.6) is 0 Å². The van der Waals surface area contributed by atoms with Gasteiger partial charge >= 0.3 is 0 Å². The maximum atomic E-state index is 12.6. The van der Waals surface area contributed by atoms with Crippen LogP contribution in [0.1, 0.15) is 73.2 Å². The number of anilines is 2. The maximum Gasteiger partial charge on any atom is 0.224 e. The van der Waals surface area contributed by atoms with Crippen LogP contribution in [0, 0.1) is 0 Å². The van der Waals surface area contributed by atoms with Crippen molar-refractivity contribution in [2.75, 3.05) is 16.8 Å². The molecule has 2 heterocycles. The summed E-state index contributed by atoms with van der Waals surface area (Å²) in [5, 5.41) is 15.5. The van der Waals surface area contributed by atoms with E-state index in [2.05, 4.69) is 53.1 Å². The van der Waals surface area contributed by atoms with Gasteiger partial charge in [-0.25, -0.2) is 4.98 Å². The number of ether oxygens (including phenoxy) is 2. The van der Waals surface area contributed by atoms with Gasteiger partial charge in [0, 0.05) is 37.1 Å². The van der Waals surface area contributed by atoms with Crippen LogP contribution in [0.2, 0.25) is 0 Å². The minimum atomic E-state index is -0.548. The van der Waals surface area contributed by atoms with Gasteiger partial charge in [0.2, 0.25) is 11.8 Å². The van der Waals surface area contributed by atoms with Gasteiger partial charge in [-0.05, 0) is 71.0 Å². The molecule has 288 valence electrons. The fourth-order valence-corrected chi connectivity index (χ4v) is 8.77.